The van der Waals surface area contributed by atoms with E-state index in [1.807, 2.05) is 52.0 Å². The van der Waals surface area contributed by atoms with Crippen LogP contribution in [0, 0.1) is 16.7 Å². The van der Waals surface area contributed by atoms with Crippen LogP contribution in [0.3, 0.4) is 0 Å². The minimum Gasteiger partial charge on any atom is -0.508 e. The van der Waals surface area contributed by atoms with Crippen molar-refractivity contribution in [3.63, 3.8) is 0 Å². The van der Waals surface area contributed by atoms with Gasteiger partial charge in [0.15, 0.2) is 0 Å². The molecule has 0 saturated heterocycles. The Hall–Kier alpha value is -3.57. The van der Waals surface area contributed by atoms with Gasteiger partial charge in [-0.05, 0) is 79.1 Å². The number of aliphatic hydroxyl groups is 1. The van der Waals surface area contributed by atoms with E-state index >= 15 is 0 Å². The highest BCUT2D eigenvalue weighted by Crippen LogP contribution is 2.39. The molecule has 0 aliphatic rings. The molecular weight excluding hydrogens is 560 g/mol. The van der Waals surface area contributed by atoms with Crippen molar-refractivity contribution >= 4 is 5.97 Å². The van der Waals surface area contributed by atoms with Gasteiger partial charge < -0.3 is 19.7 Å². The van der Waals surface area contributed by atoms with Gasteiger partial charge in [0.05, 0.1) is 5.56 Å². The van der Waals surface area contributed by atoms with Crippen LogP contribution in [0.2, 0.25) is 0 Å². The highest BCUT2D eigenvalue weighted by molar-refractivity contribution is 5.90. The number of hydrogen-bond acceptors (Lipinski definition) is 5. The van der Waals surface area contributed by atoms with Crippen LogP contribution in [0.1, 0.15) is 99.4 Å². The van der Waals surface area contributed by atoms with Gasteiger partial charge in [-0.25, -0.2) is 4.79 Å². The maximum atomic E-state index is 12.4. The molecule has 5 nitrogen and oxygen atoms in total. The highest BCUT2D eigenvalue weighted by Gasteiger charge is 2.28. The fraction of sp³-hybridized carbons (Fsp3) is 0.475. The first-order valence-corrected chi connectivity index (χ1v) is 16.1. The molecule has 2 atom stereocenters. The average Bonchev–Trinajstić information content (AvgIpc) is 2.99. The van der Waals surface area contributed by atoms with Crippen LogP contribution in [0.25, 0.3) is 11.1 Å². The molecule has 5 heteroatoms. The highest BCUT2D eigenvalue weighted by atomic mass is 16.5. The van der Waals surface area contributed by atoms with Crippen LogP contribution in [-0.2, 0) is 9.47 Å². The quantitative estimate of drug-likeness (QED) is 0.101. The number of ether oxygens (including phenoxy) is 2. The van der Waals surface area contributed by atoms with Crippen LogP contribution in [0.4, 0.5) is 0 Å². The van der Waals surface area contributed by atoms with Crippen molar-refractivity contribution in [2.45, 2.75) is 95.1 Å². The van der Waals surface area contributed by atoms with Crippen molar-refractivity contribution in [2.75, 3.05) is 13.2 Å². The van der Waals surface area contributed by atoms with Gasteiger partial charge in [0.25, 0.3) is 0 Å². The lowest BCUT2D eigenvalue weighted by Gasteiger charge is -2.33. The van der Waals surface area contributed by atoms with E-state index in [1.165, 1.54) is 0 Å². The van der Waals surface area contributed by atoms with Crippen molar-refractivity contribution in [1.82, 2.24) is 0 Å². The minimum absolute atomic E-state index is 0.0198. The van der Waals surface area contributed by atoms with Crippen LogP contribution < -0.4 is 0 Å². The number of hydrogen-bond donors (Lipinski definition) is 2. The third kappa shape index (κ3) is 20.2. The molecule has 0 aliphatic carbocycles. The predicted molar refractivity (Wildman–Crippen MR) is 193 cm³/mol. The molecule has 0 saturated carbocycles. The average molecular weight is 623 g/mol. The first-order chi connectivity index (χ1) is 21.1. The molecule has 2 N–H and O–H groups in total. The van der Waals surface area contributed by atoms with E-state index in [4.69, 9.17) is 9.47 Å². The number of allylic oxidation sites excluding steroid dienone is 5. The number of benzene rings is 2. The van der Waals surface area contributed by atoms with Crippen LogP contribution >= 0.6 is 0 Å². The summed E-state index contributed by atoms with van der Waals surface area (Å²) in [7, 11) is 0. The van der Waals surface area contributed by atoms with Gasteiger partial charge in [0.2, 0.25) is 0 Å². The van der Waals surface area contributed by atoms with E-state index in [0.717, 1.165) is 29.9 Å². The summed E-state index contributed by atoms with van der Waals surface area (Å²) in [6, 6.07) is 13.8. The molecule has 0 aromatic heterocycles. The number of phenolic OH excluding ortho intramolecular Hbond substituents is 1. The maximum absolute atomic E-state index is 12.4. The number of phenols is 1. The van der Waals surface area contributed by atoms with E-state index in [1.54, 1.807) is 48.6 Å². The SMILES string of the molecule is C=C/C(=C\C(C)(/C=C\C)CC(C)(C)CC)OCC(O)COC(=O)c1ccc(-c2ccc(O)cc2)cc1.C=CC.CC.CC(C)C. The van der Waals surface area contributed by atoms with Crippen molar-refractivity contribution in [1.29, 1.82) is 0 Å². The Morgan fingerprint density at radius 3 is 1.76 bits per heavy atom. The lowest BCUT2D eigenvalue weighted by atomic mass is 9.72. The van der Waals surface area contributed by atoms with Gasteiger partial charge in [-0.2, -0.15) is 0 Å². The fourth-order valence-electron chi connectivity index (χ4n) is 4.13. The number of carbonyl (C=O) groups is 1. The normalized spacial score (nSPS) is 13.0. The van der Waals surface area contributed by atoms with Gasteiger partial charge in [-0.15, -0.1) is 6.58 Å². The summed E-state index contributed by atoms with van der Waals surface area (Å²) in [4.78, 5) is 12.4. The standard InChI is InChI=1S/C31H40O5.C4H10.C3H6.C2H6/c1-7-18-31(6,22-30(4,5)9-3)19-28(8-2)35-20-27(33)21-36-29(34)25-12-10-23(11-13-25)24-14-16-26(32)17-15-24;1-4(2)3;1-3-2;1-2/h7-8,10-19,27,32-33H,2,9,20-22H2,1,3-6H3;4H,1-3H3;3H,1H2,2H3;1-2H3/b18-7-,28-19+;;;. The zero-order valence-electron chi connectivity index (χ0n) is 30.0. The largest absolute Gasteiger partial charge is 0.508 e. The summed E-state index contributed by atoms with van der Waals surface area (Å²) in [5.41, 5.74) is 2.17. The van der Waals surface area contributed by atoms with Crippen molar-refractivity contribution in [3.05, 3.63) is 103 Å². The summed E-state index contributed by atoms with van der Waals surface area (Å²) >= 11 is 0. The topological polar surface area (TPSA) is 76.0 Å². The van der Waals surface area contributed by atoms with E-state index in [0.29, 0.717) is 11.3 Å². The Kier molecular flexibility index (Phi) is 23.0. The Morgan fingerprint density at radius 1 is 0.889 bits per heavy atom. The molecule has 0 amide bonds. The molecule has 0 heterocycles. The third-order valence-corrected chi connectivity index (χ3v) is 6.21. The molecule has 0 radical (unpaired) electrons. The number of aromatic hydroxyl groups is 1. The number of carbonyl (C=O) groups excluding carboxylic acids is 1. The molecule has 0 aliphatic heterocycles. The number of aliphatic hydroxyl groups excluding tert-OH is 1. The summed E-state index contributed by atoms with van der Waals surface area (Å²) in [5.74, 6) is 1.09. The van der Waals surface area contributed by atoms with Crippen molar-refractivity contribution in [2.24, 2.45) is 16.7 Å². The van der Waals surface area contributed by atoms with E-state index in [9.17, 15) is 15.0 Å². The van der Waals surface area contributed by atoms with Crippen LogP contribution in [0.15, 0.2) is 97.8 Å². The lowest BCUT2D eigenvalue weighted by molar-refractivity contribution is 0.00369. The molecule has 0 fully saturated rings. The second-order valence-electron chi connectivity index (χ2n) is 12.3. The molecule has 2 unspecified atom stereocenters. The summed E-state index contributed by atoms with van der Waals surface area (Å²) in [5, 5.41) is 19.8. The maximum Gasteiger partial charge on any atom is 0.338 e. The molecule has 45 heavy (non-hydrogen) atoms. The fourth-order valence-corrected chi connectivity index (χ4v) is 4.13. The molecule has 252 valence electrons. The molecule has 0 spiro atoms. The Balaban J connectivity index is 0. The molecular formula is C40H62O5. The Morgan fingerprint density at radius 2 is 1.33 bits per heavy atom. The summed E-state index contributed by atoms with van der Waals surface area (Å²) < 4.78 is 11.1. The van der Waals surface area contributed by atoms with Gasteiger partial charge in [0, 0.05) is 5.41 Å². The van der Waals surface area contributed by atoms with Gasteiger partial charge in [-0.3, -0.25) is 0 Å². The Bertz CT molecular complexity index is 1140. The molecule has 2 aromatic rings. The van der Waals surface area contributed by atoms with Gasteiger partial charge >= 0.3 is 5.97 Å². The van der Waals surface area contributed by atoms with Gasteiger partial charge in [-0.1, -0.05) is 118 Å². The Labute approximate surface area is 275 Å². The van der Waals surface area contributed by atoms with Crippen LogP contribution in [0.5, 0.6) is 5.75 Å². The summed E-state index contributed by atoms with van der Waals surface area (Å²) in [6.45, 7) is 30.2. The monoisotopic (exact) mass is 622 g/mol. The van der Waals surface area contributed by atoms with E-state index < -0.39 is 12.1 Å². The van der Waals surface area contributed by atoms with E-state index in [-0.39, 0.29) is 29.8 Å². The minimum atomic E-state index is -0.978. The zero-order valence-corrected chi connectivity index (χ0v) is 30.0. The lowest BCUT2D eigenvalue weighted by Crippen LogP contribution is -2.25. The van der Waals surface area contributed by atoms with Crippen molar-refractivity contribution < 1.29 is 24.5 Å². The second-order valence-corrected chi connectivity index (χ2v) is 12.3. The van der Waals surface area contributed by atoms with Gasteiger partial charge in [0.1, 0.15) is 30.8 Å². The summed E-state index contributed by atoms with van der Waals surface area (Å²) in [6.07, 6.45) is 10.6. The second kappa shape index (κ2) is 23.8. The van der Waals surface area contributed by atoms with Crippen LogP contribution in [-0.4, -0.2) is 35.5 Å². The smallest absolute Gasteiger partial charge is 0.338 e. The first kappa shape index (κ1) is 43.6. The predicted octanol–water partition coefficient (Wildman–Crippen LogP) is 11.0. The number of rotatable bonds is 13. The van der Waals surface area contributed by atoms with E-state index in [2.05, 4.69) is 67.7 Å². The molecule has 0 bridgehead atoms. The molecule has 2 aromatic carbocycles. The number of esters is 1. The third-order valence-electron chi connectivity index (χ3n) is 6.21. The zero-order chi connectivity index (χ0) is 35.1. The first-order valence-electron chi connectivity index (χ1n) is 16.1. The molecule has 2 rings (SSSR count). The van der Waals surface area contributed by atoms with Crippen molar-refractivity contribution in [3.8, 4) is 16.9 Å².